The summed E-state index contributed by atoms with van der Waals surface area (Å²) in [6, 6.07) is 13.2. The van der Waals surface area contributed by atoms with E-state index in [0.717, 1.165) is 6.54 Å². The predicted octanol–water partition coefficient (Wildman–Crippen LogP) is 5.71. The van der Waals surface area contributed by atoms with E-state index in [1.54, 1.807) is 0 Å². The maximum absolute atomic E-state index is 3.38. The Labute approximate surface area is 129 Å². The maximum Gasteiger partial charge on any atom is 0.0141 e. The molecule has 2 rings (SSSR count). The van der Waals surface area contributed by atoms with Crippen LogP contribution < -0.4 is 5.32 Å². The number of unbranched alkanes of at least 4 members (excludes halogenated alkanes) is 2. The lowest BCUT2D eigenvalue weighted by molar-refractivity contribution is 0.684. The zero-order chi connectivity index (χ0) is 15.1. The molecular weight excluding hydrogens is 254 g/mol. The highest BCUT2D eigenvalue weighted by atomic mass is 14.8. The highest BCUT2D eigenvalue weighted by molar-refractivity contribution is 5.88. The van der Waals surface area contributed by atoms with Gasteiger partial charge in [0.05, 0.1) is 0 Å². The second-order valence-electron chi connectivity index (χ2n) is 5.98. The minimum atomic E-state index is 0.542. The summed E-state index contributed by atoms with van der Waals surface area (Å²) in [4.78, 5) is 0. The van der Waals surface area contributed by atoms with Crippen LogP contribution in [0.2, 0.25) is 0 Å². The molecule has 0 aliphatic rings. The molecule has 0 aliphatic carbocycles. The Hall–Kier alpha value is -1.76. The van der Waals surface area contributed by atoms with Gasteiger partial charge in [0.15, 0.2) is 0 Å². The molecule has 0 radical (unpaired) electrons. The van der Waals surface area contributed by atoms with Crippen LogP contribution >= 0.6 is 0 Å². The summed E-state index contributed by atoms with van der Waals surface area (Å²) in [6.07, 6.45) is 8.09. The Morgan fingerprint density at radius 3 is 2.67 bits per heavy atom. The van der Waals surface area contributed by atoms with Gasteiger partial charge >= 0.3 is 0 Å². The standard InChI is InChI=1S/C20H27N/c1-4-5-8-12-21-13-11-17-14-18-9-6-7-10-19(18)20(15-17)16(2)3/h6-7,9-11,13-16,21H,4-5,8,12H2,1-3H3/b13-11+. The van der Waals surface area contributed by atoms with Gasteiger partial charge in [-0.15, -0.1) is 0 Å². The minimum Gasteiger partial charge on any atom is -0.391 e. The van der Waals surface area contributed by atoms with Crippen molar-refractivity contribution in [3.63, 3.8) is 0 Å². The van der Waals surface area contributed by atoms with Gasteiger partial charge in [-0.3, -0.25) is 0 Å². The van der Waals surface area contributed by atoms with Gasteiger partial charge in [-0.05, 0) is 52.6 Å². The molecule has 1 N–H and O–H groups in total. The minimum absolute atomic E-state index is 0.542. The van der Waals surface area contributed by atoms with E-state index in [0.29, 0.717) is 5.92 Å². The van der Waals surface area contributed by atoms with Crippen LogP contribution in [0, 0.1) is 0 Å². The van der Waals surface area contributed by atoms with Gasteiger partial charge < -0.3 is 5.32 Å². The second-order valence-corrected chi connectivity index (χ2v) is 5.98. The maximum atomic E-state index is 3.38. The number of rotatable bonds is 7. The van der Waals surface area contributed by atoms with Crippen molar-refractivity contribution in [1.29, 1.82) is 0 Å². The normalized spacial score (nSPS) is 11.6. The second kappa shape index (κ2) is 7.87. The van der Waals surface area contributed by atoms with Crippen LogP contribution in [0.5, 0.6) is 0 Å². The smallest absolute Gasteiger partial charge is 0.0141 e. The molecule has 0 fully saturated rings. The van der Waals surface area contributed by atoms with Crippen LogP contribution in [0.15, 0.2) is 42.6 Å². The summed E-state index contributed by atoms with van der Waals surface area (Å²) in [7, 11) is 0. The fourth-order valence-electron chi connectivity index (χ4n) is 2.65. The van der Waals surface area contributed by atoms with E-state index < -0.39 is 0 Å². The molecule has 2 aromatic rings. The number of hydrogen-bond acceptors (Lipinski definition) is 1. The molecular formula is C20H27N. The number of nitrogens with one attached hydrogen (secondary N) is 1. The average Bonchev–Trinajstić information content (AvgIpc) is 2.49. The SMILES string of the molecule is CCCCCN/C=C/c1cc(C(C)C)c2ccccc2c1. The lowest BCUT2D eigenvalue weighted by Gasteiger charge is -2.11. The van der Waals surface area contributed by atoms with Crippen molar-refractivity contribution in [2.24, 2.45) is 0 Å². The molecule has 0 unspecified atom stereocenters. The molecule has 21 heavy (non-hydrogen) atoms. The zero-order valence-corrected chi connectivity index (χ0v) is 13.5. The van der Waals surface area contributed by atoms with Gasteiger partial charge in [0.25, 0.3) is 0 Å². The summed E-state index contributed by atoms with van der Waals surface area (Å²) >= 11 is 0. The van der Waals surface area contributed by atoms with E-state index in [9.17, 15) is 0 Å². The van der Waals surface area contributed by atoms with Crippen LogP contribution in [0.25, 0.3) is 16.8 Å². The Kier molecular flexibility index (Phi) is 5.86. The lowest BCUT2D eigenvalue weighted by atomic mass is 9.93. The van der Waals surface area contributed by atoms with E-state index in [-0.39, 0.29) is 0 Å². The molecule has 1 nitrogen and oxygen atoms in total. The fourth-order valence-corrected chi connectivity index (χ4v) is 2.65. The number of hydrogen-bond donors (Lipinski definition) is 1. The van der Waals surface area contributed by atoms with E-state index in [4.69, 9.17) is 0 Å². The molecule has 0 spiro atoms. The lowest BCUT2D eigenvalue weighted by Crippen LogP contribution is -2.06. The molecule has 0 saturated heterocycles. The monoisotopic (exact) mass is 281 g/mol. The van der Waals surface area contributed by atoms with Crippen molar-refractivity contribution < 1.29 is 0 Å². The van der Waals surface area contributed by atoms with Crippen LogP contribution in [0.4, 0.5) is 0 Å². The third kappa shape index (κ3) is 4.35. The van der Waals surface area contributed by atoms with Gasteiger partial charge in [0.1, 0.15) is 0 Å². The van der Waals surface area contributed by atoms with Crippen molar-refractivity contribution in [2.75, 3.05) is 6.54 Å². The Balaban J connectivity index is 2.15. The first kappa shape index (κ1) is 15.6. The molecule has 0 atom stereocenters. The van der Waals surface area contributed by atoms with E-state index >= 15 is 0 Å². The number of benzene rings is 2. The van der Waals surface area contributed by atoms with Gasteiger partial charge in [-0.1, -0.05) is 63.9 Å². The highest BCUT2D eigenvalue weighted by Crippen LogP contribution is 2.27. The first-order chi connectivity index (χ1) is 10.2. The molecule has 0 amide bonds. The molecule has 0 bridgehead atoms. The first-order valence-corrected chi connectivity index (χ1v) is 8.15. The van der Waals surface area contributed by atoms with Crippen LogP contribution in [-0.4, -0.2) is 6.54 Å². The summed E-state index contributed by atoms with van der Waals surface area (Å²) in [6.45, 7) is 7.82. The largest absolute Gasteiger partial charge is 0.391 e. The summed E-state index contributed by atoms with van der Waals surface area (Å²) in [5.74, 6) is 0.542. The van der Waals surface area contributed by atoms with Gasteiger partial charge in [-0.2, -0.15) is 0 Å². The molecule has 0 heterocycles. The van der Waals surface area contributed by atoms with Gasteiger partial charge in [-0.25, -0.2) is 0 Å². The summed E-state index contributed by atoms with van der Waals surface area (Å²) in [5, 5.41) is 6.09. The van der Waals surface area contributed by atoms with Crippen LogP contribution in [-0.2, 0) is 0 Å². The Bertz CT molecular complexity index is 596. The third-order valence-corrected chi connectivity index (χ3v) is 3.86. The Morgan fingerprint density at radius 2 is 1.90 bits per heavy atom. The summed E-state index contributed by atoms with van der Waals surface area (Å²) in [5.41, 5.74) is 2.71. The quantitative estimate of drug-likeness (QED) is 0.641. The van der Waals surface area contributed by atoms with E-state index in [1.807, 2.05) is 0 Å². The van der Waals surface area contributed by atoms with Crippen LogP contribution in [0.3, 0.4) is 0 Å². The third-order valence-electron chi connectivity index (χ3n) is 3.86. The van der Waals surface area contributed by atoms with E-state index in [2.05, 4.69) is 74.8 Å². The van der Waals surface area contributed by atoms with Crippen molar-refractivity contribution in [2.45, 2.75) is 46.0 Å². The van der Waals surface area contributed by atoms with Crippen molar-refractivity contribution in [1.82, 2.24) is 5.32 Å². The Morgan fingerprint density at radius 1 is 1.10 bits per heavy atom. The molecule has 0 aliphatic heterocycles. The van der Waals surface area contributed by atoms with Crippen molar-refractivity contribution in [3.8, 4) is 0 Å². The molecule has 1 heteroatoms. The number of fused-ring (bicyclic) bond motifs is 1. The van der Waals surface area contributed by atoms with E-state index in [1.165, 1.54) is 41.2 Å². The van der Waals surface area contributed by atoms with Gasteiger partial charge in [0.2, 0.25) is 0 Å². The van der Waals surface area contributed by atoms with Gasteiger partial charge in [0, 0.05) is 6.54 Å². The molecule has 0 saturated carbocycles. The van der Waals surface area contributed by atoms with Crippen molar-refractivity contribution >= 4 is 16.8 Å². The van der Waals surface area contributed by atoms with Crippen LogP contribution in [0.1, 0.15) is 57.1 Å². The highest BCUT2D eigenvalue weighted by Gasteiger charge is 2.06. The fraction of sp³-hybridized carbons (Fsp3) is 0.400. The molecule has 0 aromatic heterocycles. The zero-order valence-electron chi connectivity index (χ0n) is 13.5. The average molecular weight is 281 g/mol. The summed E-state index contributed by atoms with van der Waals surface area (Å²) < 4.78 is 0. The predicted molar refractivity (Wildman–Crippen MR) is 94.6 cm³/mol. The molecule has 2 aromatic carbocycles. The van der Waals surface area contributed by atoms with Crippen molar-refractivity contribution in [3.05, 3.63) is 53.7 Å². The molecule has 112 valence electrons. The topological polar surface area (TPSA) is 12.0 Å². The first-order valence-electron chi connectivity index (χ1n) is 8.15.